The maximum Gasteiger partial charge on any atom is 0.324 e. The van der Waals surface area contributed by atoms with Crippen LogP contribution in [0.4, 0.5) is 5.69 Å². The van der Waals surface area contributed by atoms with Crippen molar-refractivity contribution in [2.24, 2.45) is 5.92 Å². The third-order valence-electron chi connectivity index (χ3n) is 12.4. The molecule has 0 radical (unpaired) electrons. The van der Waals surface area contributed by atoms with Crippen molar-refractivity contribution in [2.75, 3.05) is 38.7 Å². The van der Waals surface area contributed by atoms with Crippen LogP contribution in [0.1, 0.15) is 57.3 Å². The van der Waals surface area contributed by atoms with Gasteiger partial charge in [0.1, 0.15) is 29.9 Å². The molecular weight excluding hydrogens is 803 g/mol. The summed E-state index contributed by atoms with van der Waals surface area (Å²) in [4.78, 5) is 54.6. The van der Waals surface area contributed by atoms with Crippen LogP contribution in [0.5, 0.6) is 5.75 Å². The molecule has 11 heteroatoms. The van der Waals surface area contributed by atoms with Crippen LogP contribution >= 0.6 is 0 Å². The lowest BCUT2D eigenvalue weighted by Gasteiger charge is -2.46. The maximum atomic E-state index is 15.5. The van der Waals surface area contributed by atoms with Gasteiger partial charge in [0.25, 0.3) is 0 Å². The monoisotopic (exact) mass is 851 g/mol. The second-order valence-corrected chi connectivity index (χ2v) is 16.4. The number of nitrogens with zero attached hydrogens (tertiary/aromatic N) is 3. The highest BCUT2D eigenvalue weighted by atomic mass is 16.6. The highest BCUT2D eigenvalue weighted by molar-refractivity contribution is 6.12. The number of ether oxygens (including phenoxy) is 2. The second kappa shape index (κ2) is 18.7. The molecule has 0 saturated carbocycles. The molecule has 11 nitrogen and oxygen atoms in total. The molecule has 6 unspecified atom stereocenters. The lowest BCUT2D eigenvalue weighted by Crippen LogP contribution is -2.55. The van der Waals surface area contributed by atoms with Gasteiger partial charge >= 0.3 is 5.97 Å². The molecule has 3 N–H and O–H groups in total. The Balaban J connectivity index is 1.22. The molecule has 0 bridgehead atoms. The first-order chi connectivity index (χ1) is 31.4. The number of pyridine rings is 1. The predicted molar refractivity (Wildman–Crippen MR) is 243 cm³/mol. The molecule has 3 aliphatic heterocycles. The molecule has 6 atom stereocenters. The molecule has 2 saturated heterocycles. The fourth-order valence-electron chi connectivity index (χ4n) is 9.78. The quantitative estimate of drug-likeness (QED) is 0.0873. The van der Waals surface area contributed by atoms with Gasteiger partial charge in [-0.1, -0.05) is 121 Å². The smallest absolute Gasteiger partial charge is 0.324 e. The van der Waals surface area contributed by atoms with Gasteiger partial charge in [-0.15, -0.1) is 0 Å². The average Bonchev–Trinajstić information content (AvgIpc) is 3.81. The van der Waals surface area contributed by atoms with E-state index in [9.17, 15) is 5.11 Å². The maximum absolute atomic E-state index is 15.5. The van der Waals surface area contributed by atoms with Crippen molar-refractivity contribution >= 4 is 23.5 Å². The minimum atomic E-state index is -1.66. The van der Waals surface area contributed by atoms with E-state index in [0.717, 1.165) is 23.4 Å². The van der Waals surface area contributed by atoms with Crippen molar-refractivity contribution in [1.29, 1.82) is 0 Å². The SMILES string of the molecule is CN(CC#Cc1ccc2c(c1)C1(C(=O)N2)C(C(=O)NCCc2ccccn2)C2C(=O)OC(c3ccccc3)C(c3ccccc3)N2C1c1ccc(OCCO)cc1)Cc1ccccc1. The topological polar surface area (TPSA) is 133 Å². The molecule has 5 aromatic carbocycles. The first kappa shape index (κ1) is 42.2. The zero-order chi connectivity index (χ0) is 44.0. The third-order valence-corrected chi connectivity index (χ3v) is 12.4. The number of fused-ring (bicyclic) bond motifs is 3. The van der Waals surface area contributed by atoms with E-state index in [2.05, 4.69) is 49.4 Å². The summed E-state index contributed by atoms with van der Waals surface area (Å²) < 4.78 is 12.3. The van der Waals surface area contributed by atoms with Crippen LogP contribution in [0.3, 0.4) is 0 Å². The van der Waals surface area contributed by atoms with Crippen LogP contribution in [0.25, 0.3) is 0 Å². The van der Waals surface area contributed by atoms with Crippen molar-refractivity contribution in [2.45, 2.75) is 42.6 Å². The molecular formula is C53H49N5O6. The van der Waals surface area contributed by atoms with E-state index in [0.29, 0.717) is 41.1 Å². The van der Waals surface area contributed by atoms with Gasteiger partial charge in [-0.25, -0.2) is 0 Å². The van der Waals surface area contributed by atoms with Gasteiger partial charge in [0.05, 0.1) is 31.2 Å². The van der Waals surface area contributed by atoms with E-state index in [-0.39, 0.29) is 19.8 Å². The number of esters is 1. The Kier molecular flexibility index (Phi) is 12.3. The lowest BCUT2D eigenvalue weighted by molar-refractivity contribution is -0.178. The molecule has 2 amide bonds. The number of hydrogen-bond acceptors (Lipinski definition) is 9. The Morgan fingerprint density at radius 1 is 0.859 bits per heavy atom. The minimum Gasteiger partial charge on any atom is -0.491 e. The van der Waals surface area contributed by atoms with Crippen molar-refractivity contribution in [3.63, 3.8) is 0 Å². The van der Waals surface area contributed by atoms with Crippen molar-refractivity contribution in [3.05, 3.63) is 197 Å². The van der Waals surface area contributed by atoms with Gasteiger partial charge in [-0.2, -0.15) is 0 Å². The highest BCUT2D eigenvalue weighted by Crippen LogP contribution is 2.64. The number of aliphatic hydroxyl groups excluding tert-OH is 1. The molecule has 64 heavy (non-hydrogen) atoms. The van der Waals surface area contributed by atoms with E-state index < -0.39 is 53.3 Å². The van der Waals surface area contributed by atoms with Crippen LogP contribution < -0.4 is 15.4 Å². The Morgan fingerprint density at radius 2 is 1.56 bits per heavy atom. The summed E-state index contributed by atoms with van der Waals surface area (Å²) in [6.07, 6.45) is 1.35. The summed E-state index contributed by atoms with van der Waals surface area (Å²) in [7, 11) is 2.02. The normalized spacial score (nSPS) is 22.2. The van der Waals surface area contributed by atoms with Gasteiger partial charge in [0.15, 0.2) is 0 Å². The van der Waals surface area contributed by atoms with E-state index >= 15 is 14.4 Å². The number of carbonyl (C=O) groups excluding carboxylic acids is 3. The number of hydrogen-bond donors (Lipinski definition) is 3. The van der Waals surface area contributed by atoms with Crippen molar-refractivity contribution in [3.8, 4) is 17.6 Å². The summed E-state index contributed by atoms with van der Waals surface area (Å²) in [6, 6.07) is 45.5. The number of benzene rings is 5. The number of cyclic esters (lactones) is 1. The van der Waals surface area contributed by atoms with Gasteiger partial charge < -0.3 is 25.2 Å². The zero-order valence-corrected chi connectivity index (χ0v) is 35.5. The lowest BCUT2D eigenvalue weighted by atomic mass is 9.65. The Morgan fingerprint density at radius 3 is 2.27 bits per heavy atom. The molecule has 322 valence electrons. The number of amides is 2. The first-order valence-electron chi connectivity index (χ1n) is 21.6. The van der Waals surface area contributed by atoms with Crippen LogP contribution in [0.15, 0.2) is 158 Å². The molecule has 6 aromatic rings. The van der Waals surface area contributed by atoms with E-state index in [1.165, 1.54) is 5.56 Å². The number of aromatic nitrogens is 1. The standard InChI is InChI=1S/C53H49N5O6/c1-57(35-37-14-5-2-6-15-37)31-13-16-36-22-27-44-43(34-36)53(52(62)56-44)45(50(60)55-30-28-41-21-11-12-29-54-41)47-51(61)64-48(39-19-9-4-10-20-39)46(38-17-7-3-8-18-38)58(47)49(53)40-23-25-42(26-24-40)63-33-32-59/h2-12,14-15,17-27,29,34,45-49,59H,28,30-33,35H2,1H3,(H,55,60)(H,56,62). The number of nitrogens with one attached hydrogen (secondary N) is 2. The minimum absolute atomic E-state index is 0.101. The Hall–Kier alpha value is -7.10. The number of morpholine rings is 1. The molecule has 1 spiro atoms. The molecule has 1 aromatic heterocycles. The average molecular weight is 852 g/mol. The predicted octanol–water partition coefficient (Wildman–Crippen LogP) is 6.57. The summed E-state index contributed by atoms with van der Waals surface area (Å²) in [5.74, 6) is 4.47. The Bertz CT molecular complexity index is 2660. The number of rotatable bonds is 13. The molecule has 9 rings (SSSR count). The summed E-state index contributed by atoms with van der Waals surface area (Å²) in [6.45, 7) is 1.38. The summed E-state index contributed by atoms with van der Waals surface area (Å²) >= 11 is 0. The Labute approximate surface area is 373 Å². The zero-order valence-electron chi connectivity index (χ0n) is 35.5. The van der Waals surface area contributed by atoms with Gasteiger partial charge in [-0.05, 0) is 77.3 Å². The van der Waals surface area contributed by atoms with Crippen molar-refractivity contribution in [1.82, 2.24) is 20.1 Å². The van der Waals surface area contributed by atoms with Crippen molar-refractivity contribution < 1.29 is 29.0 Å². The largest absolute Gasteiger partial charge is 0.491 e. The summed E-state index contributed by atoms with van der Waals surface area (Å²) in [5, 5.41) is 15.8. The second-order valence-electron chi connectivity index (χ2n) is 16.4. The fourth-order valence-corrected chi connectivity index (χ4v) is 9.78. The molecule has 3 aliphatic rings. The van der Waals surface area contributed by atoms with Gasteiger partial charge in [0, 0.05) is 42.7 Å². The van der Waals surface area contributed by atoms with Crippen LogP contribution in [0.2, 0.25) is 0 Å². The number of anilines is 1. The fraction of sp³-hybridized carbons (Fsp3) is 0.245. The van der Waals surface area contributed by atoms with E-state index in [1.807, 2.05) is 134 Å². The number of aliphatic hydroxyl groups is 1. The number of carbonyl (C=O) groups is 3. The van der Waals surface area contributed by atoms with E-state index in [1.54, 1.807) is 18.3 Å². The van der Waals surface area contributed by atoms with E-state index in [4.69, 9.17) is 9.47 Å². The van der Waals surface area contributed by atoms with Crippen LogP contribution in [-0.4, -0.2) is 77.1 Å². The highest BCUT2D eigenvalue weighted by Gasteiger charge is 2.74. The third kappa shape index (κ3) is 8.15. The van der Waals surface area contributed by atoms with Crippen LogP contribution in [0, 0.1) is 17.8 Å². The molecule has 4 heterocycles. The summed E-state index contributed by atoms with van der Waals surface area (Å²) in [5.41, 5.74) is 4.40. The molecule has 2 fully saturated rings. The van der Waals surface area contributed by atoms with Gasteiger partial charge in [0.2, 0.25) is 11.8 Å². The first-order valence-corrected chi connectivity index (χ1v) is 21.6. The van der Waals surface area contributed by atoms with Crippen LogP contribution in [-0.2, 0) is 37.5 Å². The molecule has 0 aliphatic carbocycles. The van der Waals surface area contributed by atoms with Gasteiger partial charge in [-0.3, -0.25) is 29.2 Å².